The molecule has 0 spiro atoms. The van der Waals surface area contributed by atoms with Gasteiger partial charge in [0.2, 0.25) is 11.9 Å². The lowest BCUT2D eigenvalue weighted by Crippen LogP contribution is -2.12. The minimum Gasteiger partial charge on any atom is -0.382 e. The predicted octanol–water partition coefficient (Wildman–Crippen LogP) is -1.22. The van der Waals surface area contributed by atoms with Gasteiger partial charge in [0.25, 0.3) is 5.56 Å². The number of aromatic amines is 2. The molecule has 8 N–H and O–H groups in total. The number of hydrogen-bond donors (Lipinski definition) is 5. The summed E-state index contributed by atoms with van der Waals surface area (Å²) in [7, 11) is 1.55. The van der Waals surface area contributed by atoms with Crippen LogP contribution in [0.4, 0.5) is 17.7 Å². The highest BCUT2D eigenvalue weighted by atomic mass is 32.1. The molecule has 0 unspecified atom stereocenters. The fourth-order valence-corrected chi connectivity index (χ4v) is 2.72. The fraction of sp³-hybridized carbons (Fsp3) is 0.0909. The molecule has 4 rings (SSSR count). The van der Waals surface area contributed by atoms with E-state index in [2.05, 4.69) is 29.9 Å². The molecule has 0 saturated carbocycles. The SMILES string of the molecule is Cn1c(=O)sc2c(=O)[nH]c(N)nc21.Nc1nc(N)c2[nH]cnc2n1. The molecular weight excluding hydrogens is 336 g/mol. The number of aryl methyl sites for hydroxylation is 1. The Hall–Kier alpha value is -3.48. The maximum absolute atomic E-state index is 11.2. The van der Waals surface area contributed by atoms with E-state index in [4.69, 9.17) is 17.2 Å². The highest BCUT2D eigenvalue weighted by Crippen LogP contribution is 2.12. The van der Waals surface area contributed by atoms with E-state index in [0.29, 0.717) is 27.3 Å². The fourth-order valence-electron chi connectivity index (χ4n) is 1.90. The van der Waals surface area contributed by atoms with E-state index in [1.165, 1.54) is 10.9 Å². The Kier molecular flexibility index (Phi) is 3.61. The van der Waals surface area contributed by atoms with Crippen molar-refractivity contribution in [1.29, 1.82) is 0 Å². The first kappa shape index (κ1) is 15.4. The lowest BCUT2D eigenvalue weighted by molar-refractivity contribution is 0.915. The Bertz CT molecular complexity index is 1150. The van der Waals surface area contributed by atoms with Gasteiger partial charge in [-0.15, -0.1) is 0 Å². The van der Waals surface area contributed by atoms with Gasteiger partial charge < -0.3 is 22.2 Å². The third-order valence-corrected chi connectivity index (χ3v) is 4.01. The molecule has 24 heavy (non-hydrogen) atoms. The van der Waals surface area contributed by atoms with Crippen LogP contribution in [0, 0.1) is 0 Å². The maximum atomic E-state index is 11.2. The van der Waals surface area contributed by atoms with Gasteiger partial charge in [-0.3, -0.25) is 19.1 Å². The third kappa shape index (κ3) is 2.63. The van der Waals surface area contributed by atoms with Crippen LogP contribution in [0.25, 0.3) is 21.5 Å². The summed E-state index contributed by atoms with van der Waals surface area (Å²) in [5, 5.41) is 0. The summed E-state index contributed by atoms with van der Waals surface area (Å²) < 4.78 is 1.60. The van der Waals surface area contributed by atoms with Crippen molar-refractivity contribution >= 4 is 50.6 Å². The third-order valence-electron chi connectivity index (χ3n) is 2.99. The molecule has 0 fully saturated rings. The van der Waals surface area contributed by atoms with Crippen LogP contribution in [0.3, 0.4) is 0 Å². The second-order valence-corrected chi connectivity index (χ2v) is 5.56. The summed E-state index contributed by atoms with van der Waals surface area (Å²) in [6.45, 7) is 0. The first-order chi connectivity index (χ1) is 11.4. The quantitative estimate of drug-likeness (QED) is 0.258. The van der Waals surface area contributed by atoms with Crippen molar-refractivity contribution in [3.8, 4) is 0 Å². The number of hydrogen-bond acceptors (Lipinski definition) is 10. The Morgan fingerprint density at radius 3 is 2.67 bits per heavy atom. The van der Waals surface area contributed by atoms with Gasteiger partial charge in [0.15, 0.2) is 17.1 Å². The number of thiazole rings is 1. The Labute approximate surface area is 136 Å². The van der Waals surface area contributed by atoms with E-state index < -0.39 is 0 Å². The molecule has 0 aliphatic carbocycles. The number of imidazole rings is 1. The molecule has 0 atom stereocenters. The van der Waals surface area contributed by atoms with Crippen LogP contribution >= 0.6 is 11.3 Å². The van der Waals surface area contributed by atoms with Crippen LogP contribution in [0.2, 0.25) is 0 Å². The zero-order valence-electron chi connectivity index (χ0n) is 12.3. The van der Waals surface area contributed by atoms with Crippen LogP contribution < -0.4 is 27.6 Å². The van der Waals surface area contributed by atoms with Crippen LogP contribution in [0.1, 0.15) is 0 Å². The monoisotopic (exact) mass is 348 g/mol. The smallest absolute Gasteiger partial charge is 0.309 e. The molecule has 0 aliphatic rings. The van der Waals surface area contributed by atoms with E-state index in [9.17, 15) is 9.59 Å². The second kappa shape index (κ2) is 5.62. The number of nitrogen functional groups attached to an aromatic ring is 3. The number of H-pyrrole nitrogens is 2. The number of nitrogens with zero attached hydrogens (tertiary/aromatic N) is 5. The summed E-state index contributed by atoms with van der Waals surface area (Å²) in [4.78, 5) is 42.6. The normalized spacial score (nSPS) is 10.7. The van der Waals surface area contributed by atoms with Crippen molar-refractivity contribution < 1.29 is 0 Å². The molecule has 0 bridgehead atoms. The lowest BCUT2D eigenvalue weighted by atomic mass is 10.5. The van der Waals surface area contributed by atoms with Gasteiger partial charge in [-0.05, 0) is 0 Å². The van der Waals surface area contributed by atoms with Gasteiger partial charge in [-0.25, -0.2) is 4.98 Å². The number of nitrogens with two attached hydrogens (primary N) is 3. The van der Waals surface area contributed by atoms with Gasteiger partial charge >= 0.3 is 4.87 Å². The molecule has 0 radical (unpaired) electrons. The van der Waals surface area contributed by atoms with Crippen molar-refractivity contribution in [2.45, 2.75) is 0 Å². The first-order valence-electron chi connectivity index (χ1n) is 6.44. The first-order valence-corrected chi connectivity index (χ1v) is 7.26. The van der Waals surface area contributed by atoms with Crippen molar-refractivity contribution in [3.63, 3.8) is 0 Å². The molecular formula is C11H12N10O2S. The average Bonchev–Trinajstić information content (AvgIpc) is 3.07. The number of rotatable bonds is 0. The van der Waals surface area contributed by atoms with Crippen LogP contribution in [-0.4, -0.2) is 34.5 Å². The van der Waals surface area contributed by atoms with Crippen molar-refractivity contribution in [2.75, 3.05) is 17.2 Å². The molecule has 4 heterocycles. The number of nitrogens with one attached hydrogen (secondary N) is 2. The largest absolute Gasteiger partial charge is 0.382 e. The van der Waals surface area contributed by atoms with Crippen LogP contribution in [0.5, 0.6) is 0 Å². The zero-order valence-corrected chi connectivity index (χ0v) is 13.1. The maximum Gasteiger partial charge on any atom is 0.309 e. The van der Waals surface area contributed by atoms with E-state index in [0.717, 1.165) is 11.3 Å². The van der Waals surface area contributed by atoms with Gasteiger partial charge in [0.1, 0.15) is 10.2 Å². The molecule has 13 heteroatoms. The van der Waals surface area contributed by atoms with Gasteiger partial charge in [0, 0.05) is 7.05 Å². The number of fused-ring (bicyclic) bond motifs is 2. The summed E-state index contributed by atoms with van der Waals surface area (Å²) in [6.07, 6.45) is 1.50. The van der Waals surface area contributed by atoms with E-state index in [-0.39, 0.29) is 22.3 Å². The minimum absolute atomic E-state index is 0.0194. The number of anilines is 3. The summed E-state index contributed by atoms with van der Waals surface area (Å²) in [6, 6.07) is 0. The number of aromatic nitrogens is 7. The molecule has 0 saturated heterocycles. The van der Waals surface area contributed by atoms with Gasteiger partial charge in [-0.1, -0.05) is 11.3 Å². The average molecular weight is 348 g/mol. The predicted molar refractivity (Wildman–Crippen MR) is 90.4 cm³/mol. The van der Waals surface area contributed by atoms with E-state index >= 15 is 0 Å². The van der Waals surface area contributed by atoms with Crippen LogP contribution in [-0.2, 0) is 7.05 Å². The standard InChI is InChI=1S/C6H6N4O2S.C5H6N6/c1-10-3-2(13-6(10)12)4(11)9-5(7)8-3;6-3-2-4(9-1-8-2)11-5(7)10-3/h1H3,(H3,7,8,9,11);1H,(H5,6,7,8,9,10,11). The Morgan fingerprint density at radius 1 is 1.17 bits per heavy atom. The Balaban J connectivity index is 0.000000143. The van der Waals surface area contributed by atoms with Gasteiger partial charge in [-0.2, -0.15) is 15.0 Å². The summed E-state index contributed by atoms with van der Waals surface area (Å²) in [5.74, 6) is 0.484. The van der Waals surface area contributed by atoms with E-state index in [1.807, 2.05) is 0 Å². The Morgan fingerprint density at radius 2 is 1.92 bits per heavy atom. The van der Waals surface area contributed by atoms with Gasteiger partial charge in [0.05, 0.1) is 6.33 Å². The topological polar surface area (TPSA) is 200 Å². The summed E-state index contributed by atoms with van der Waals surface area (Å²) in [5.41, 5.74) is 17.2. The molecule has 0 aromatic carbocycles. The van der Waals surface area contributed by atoms with Crippen molar-refractivity contribution in [1.82, 2.24) is 34.5 Å². The van der Waals surface area contributed by atoms with E-state index in [1.54, 1.807) is 7.05 Å². The highest BCUT2D eigenvalue weighted by molar-refractivity contribution is 7.16. The molecule has 4 aromatic heterocycles. The molecule has 124 valence electrons. The lowest BCUT2D eigenvalue weighted by Gasteiger charge is -1.94. The molecule has 12 nitrogen and oxygen atoms in total. The molecule has 0 aliphatic heterocycles. The zero-order chi connectivity index (χ0) is 17.4. The second-order valence-electron chi connectivity index (χ2n) is 4.60. The van der Waals surface area contributed by atoms with Crippen LogP contribution in [0.15, 0.2) is 15.9 Å². The van der Waals surface area contributed by atoms with Crippen molar-refractivity contribution in [3.05, 3.63) is 26.3 Å². The van der Waals surface area contributed by atoms with Crippen molar-refractivity contribution in [2.24, 2.45) is 7.05 Å². The highest BCUT2D eigenvalue weighted by Gasteiger charge is 2.09. The summed E-state index contributed by atoms with van der Waals surface area (Å²) >= 11 is 0.860. The minimum atomic E-state index is -0.370. The molecule has 0 amide bonds. The molecule has 4 aromatic rings.